The van der Waals surface area contributed by atoms with Crippen molar-refractivity contribution in [3.63, 3.8) is 0 Å². The van der Waals surface area contributed by atoms with Crippen LogP contribution in [0.25, 0.3) is 0 Å². The second kappa shape index (κ2) is 6.40. The van der Waals surface area contributed by atoms with Gasteiger partial charge in [0.2, 0.25) is 5.88 Å². The maximum absolute atomic E-state index is 5.42. The summed E-state index contributed by atoms with van der Waals surface area (Å²) in [4.78, 5) is 8.44. The molecule has 0 saturated carbocycles. The van der Waals surface area contributed by atoms with Crippen LogP contribution < -0.4 is 10.1 Å². The highest BCUT2D eigenvalue weighted by Gasteiger charge is 2.24. The molecule has 0 aliphatic rings. The third-order valence-electron chi connectivity index (χ3n) is 2.57. The molecule has 2 unspecified atom stereocenters. The Hall–Kier alpha value is -1.20. The standard InChI is InChI=1S/C11H19N3O2/c1-5-8(15-3)9(12-2)10-11(16-4)14-7-6-13-10/h6-9,12H,5H2,1-4H3. The van der Waals surface area contributed by atoms with Crippen LogP contribution in [0, 0.1) is 0 Å². The van der Waals surface area contributed by atoms with E-state index < -0.39 is 0 Å². The molecule has 5 nitrogen and oxygen atoms in total. The smallest absolute Gasteiger partial charge is 0.237 e. The minimum absolute atomic E-state index is 0.0151. The van der Waals surface area contributed by atoms with E-state index in [0.717, 1.165) is 12.1 Å². The number of hydrogen-bond acceptors (Lipinski definition) is 5. The van der Waals surface area contributed by atoms with Crippen LogP contribution in [-0.2, 0) is 4.74 Å². The van der Waals surface area contributed by atoms with E-state index in [2.05, 4.69) is 22.2 Å². The van der Waals surface area contributed by atoms with Gasteiger partial charge in [0.05, 0.1) is 19.3 Å². The number of nitrogens with zero attached hydrogens (tertiary/aromatic N) is 2. The zero-order valence-electron chi connectivity index (χ0n) is 10.2. The SMILES string of the molecule is CCC(OC)C(NC)c1nccnc1OC. The Bertz CT molecular complexity index is 316. The van der Waals surface area contributed by atoms with Gasteiger partial charge >= 0.3 is 0 Å². The van der Waals surface area contributed by atoms with Gasteiger partial charge in [0.1, 0.15) is 5.69 Å². The molecule has 5 heteroatoms. The molecule has 1 rings (SSSR count). The van der Waals surface area contributed by atoms with Crippen molar-refractivity contribution >= 4 is 0 Å². The molecular formula is C11H19N3O2. The summed E-state index contributed by atoms with van der Waals surface area (Å²) in [6.45, 7) is 2.07. The molecule has 16 heavy (non-hydrogen) atoms. The Kier molecular flexibility index (Phi) is 5.14. The highest BCUT2D eigenvalue weighted by Crippen LogP contribution is 2.25. The van der Waals surface area contributed by atoms with Crippen molar-refractivity contribution < 1.29 is 9.47 Å². The van der Waals surface area contributed by atoms with Gasteiger partial charge in [-0.15, -0.1) is 0 Å². The number of methoxy groups -OCH3 is 2. The quantitative estimate of drug-likeness (QED) is 0.787. The van der Waals surface area contributed by atoms with Gasteiger partial charge in [0.15, 0.2) is 0 Å². The molecule has 1 heterocycles. The molecule has 2 atom stereocenters. The summed E-state index contributed by atoms with van der Waals surface area (Å²) in [5.41, 5.74) is 0.779. The molecule has 1 N–H and O–H groups in total. The second-order valence-electron chi connectivity index (χ2n) is 3.40. The summed E-state index contributed by atoms with van der Waals surface area (Å²) in [7, 11) is 5.16. The summed E-state index contributed by atoms with van der Waals surface area (Å²) in [6, 6.07) is -0.0151. The Labute approximate surface area is 96.2 Å². The number of aromatic nitrogens is 2. The molecule has 0 spiro atoms. The first kappa shape index (κ1) is 12.9. The van der Waals surface area contributed by atoms with Crippen LogP contribution in [0.15, 0.2) is 12.4 Å². The summed E-state index contributed by atoms with van der Waals surface area (Å²) in [6.07, 6.45) is 4.21. The van der Waals surface area contributed by atoms with Crippen molar-refractivity contribution in [1.82, 2.24) is 15.3 Å². The van der Waals surface area contributed by atoms with Gasteiger partial charge in [0.25, 0.3) is 0 Å². The van der Waals surface area contributed by atoms with Crippen molar-refractivity contribution in [1.29, 1.82) is 0 Å². The largest absolute Gasteiger partial charge is 0.480 e. The van der Waals surface area contributed by atoms with Gasteiger partial charge in [-0.05, 0) is 13.5 Å². The highest BCUT2D eigenvalue weighted by atomic mass is 16.5. The van der Waals surface area contributed by atoms with Crippen molar-refractivity contribution in [2.24, 2.45) is 0 Å². The van der Waals surface area contributed by atoms with Crippen LogP contribution >= 0.6 is 0 Å². The molecular weight excluding hydrogens is 206 g/mol. The number of nitrogens with one attached hydrogen (secondary N) is 1. The summed E-state index contributed by atoms with van der Waals surface area (Å²) in [5, 5.41) is 3.19. The van der Waals surface area contributed by atoms with Crippen LogP contribution in [0.4, 0.5) is 0 Å². The number of hydrogen-bond donors (Lipinski definition) is 1. The van der Waals surface area contributed by atoms with E-state index in [1.54, 1.807) is 26.6 Å². The topological polar surface area (TPSA) is 56.3 Å². The molecule has 0 amide bonds. The average molecular weight is 225 g/mol. The molecule has 0 saturated heterocycles. The first-order valence-corrected chi connectivity index (χ1v) is 5.33. The first-order valence-electron chi connectivity index (χ1n) is 5.33. The zero-order chi connectivity index (χ0) is 12.0. The van der Waals surface area contributed by atoms with Crippen molar-refractivity contribution in [2.75, 3.05) is 21.3 Å². The lowest BCUT2D eigenvalue weighted by Gasteiger charge is -2.24. The average Bonchev–Trinajstić information content (AvgIpc) is 2.35. The van der Waals surface area contributed by atoms with Gasteiger partial charge in [0, 0.05) is 19.5 Å². The van der Waals surface area contributed by atoms with Gasteiger partial charge in [-0.3, -0.25) is 4.98 Å². The van der Waals surface area contributed by atoms with Gasteiger partial charge in [-0.1, -0.05) is 6.92 Å². The van der Waals surface area contributed by atoms with E-state index in [4.69, 9.17) is 9.47 Å². The maximum Gasteiger partial charge on any atom is 0.237 e. The highest BCUT2D eigenvalue weighted by molar-refractivity contribution is 5.22. The van der Waals surface area contributed by atoms with Crippen LogP contribution in [0.3, 0.4) is 0 Å². The second-order valence-corrected chi connectivity index (χ2v) is 3.40. The Morgan fingerprint density at radius 3 is 2.50 bits per heavy atom. The fraction of sp³-hybridized carbons (Fsp3) is 0.636. The predicted octanol–water partition coefficient (Wildman–Crippen LogP) is 1.17. The summed E-state index contributed by atoms with van der Waals surface area (Å²) < 4.78 is 10.6. The molecule has 0 radical (unpaired) electrons. The third kappa shape index (κ3) is 2.68. The Morgan fingerprint density at radius 2 is 2.00 bits per heavy atom. The predicted molar refractivity (Wildman–Crippen MR) is 61.5 cm³/mol. The third-order valence-corrected chi connectivity index (χ3v) is 2.57. The van der Waals surface area contributed by atoms with Crippen LogP contribution in [0.2, 0.25) is 0 Å². The molecule has 1 aromatic heterocycles. The van der Waals surface area contributed by atoms with Crippen molar-refractivity contribution in [3.05, 3.63) is 18.1 Å². The number of rotatable bonds is 6. The number of ether oxygens (including phenoxy) is 2. The molecule has 0 fully saturated rings. The minimum Gasteiger partial charge on any atom is -0.480 e. The molecule has 90 valence electrons. The molecule has 1 aromatic rings. The van der Waals surface area contributed by atoms with E-state index in [-0.39, 0.29) is 12.1 Å². The molecule has 0 aromatic carbocycles. The van der Waals surface area contributed by atoms with Gasteiger partial charge in [-0.2, -0.15) is 0 Å². The number of likely N-dealkylation sites (N-methyl/N-ethyl adjacent to an activating group) is 1. The summed E-state index contributed by atoms with van der Waals surface area (Å²) >= 11 is 0. The zero-order valence-corrected chi connectivity index (χ0v) is 10.2. The van der Waals surface area contributed by atoms with E-state index in [1.807, 2.05) is 7.05 Å². The fourth-order valence-electron chi connectivity index (χ4n) is 1.74. The van der Waals surface area contributed by atoms with Crippen LogP contribution in [0.5, 0.6) is 5.88 Å². The van der Waals surface area contributed by atoms with Crippen LogP contribution in [0.1, 0.15) is 25.1 Å². The minimum atomic E-state index is -0.0151. The summed E-state index contributed by atoms with van der Waals surface area (Å²) in [5.74, 6) is 0.539. The first-order chi connectivity index (χ1) is 7.78. The maximum atomic E-state index is 5.42. The van der Waals surface area contributed by atoms with Crippen molar-refractivity contribution in [2.45, 2.75) is 25.5 Å². The van der Waals surface area contributed by atoms with Gasteiger partial charge in [-0.25, -0.2) is 4.98 Å². The molecule has 0 bridgehead atoms. The fourth-order valence-corrected chi connectivity index (χ4v) is 1.74. The van der Waals surface area contributed by atoms with Crippen molar-refractivity contribution in [3.8, 4) is 5.88 Å². The van der Waals surface area contributed by atoms with E-state index >= 15 is 0 Å². The van der Waals surface area contributed by atoms with Gasteiger partial charge < -0.3 is 14.8 Å². The Balaban J connectivity index is 3.02. The lowest BCUT2D eigenvalue weighted by atomic mass is 10.1. The normalized spacial score (nSPS) is 14.5. The van der Waals surface area contributed by atoms with E-state index in [0.29, 0.717) is 5.88 Å². The monoisotopic (exact) mass is 225 g/mol. The lowest BCUT2D eigenvalue weighted by Crippen LogP contribution is -2.31. The van der Waals surface area contributed by atoms with E-state index in [9.17, 15) is 0 Å². The van der Waals surface area contributed by atoms with Crippen LogP contribution in [-0.4, -0.2) is 37.3 Å². The Morgan fingerprint density at radius 1 is 1.31 bits per heavy atom. The molecule has 0 aliphatic heterocycles. The lowest BCUT2D eigenvalue weighted by molar-refractivity contribution is 0.0651. The molecule has 0 aliphatic carbocycles. The van der Waals surface area contributed by atoms with E-state index in [1.165, 1.54) is 0 Å².